The fourth-order valence-corrected chi connectivity index (χ4v) is 1.89. The Morgan fingerprint density at radius 2 is 2.26 bits per heavy atom. The number of benzene rings is 1. The van der Waals surface area contributed by atoms with E-state index >= 15 is 0 Å². The number of nitrogens with zero attached hydrogens (tertiary/aromatic N) is 1. The summed E-state index contributed by atoms with van der Waals surface area (Å²) in [6.07, 6.45) is 2.52. The van der Waals surface area contributed by atoms with Crippen molar-refractivity contribution in [3.63, 3.8) is 0 Å². The van der Waals surface area contributed by atoms with Crippen LogP contribution in [0.2, 0.25) is 0 Å². The molecule has 1 aromatic rings. The summed E-state index contributed by atoms with van der Waals surface area (Å²) in [7, 11) is 0. The molecular formula is C13H16N2O4. The lowest BCUT2D eigenvalue weighted by atomic mass is 10.2. The first kappa shape index (κ1) is 12.2. The summed E-state index contributed by atoms with van der Waals surface area (Å²) >= 11 is 0. The average molecular weight is 264 g/mol. The first-order chi connectivity index (χ1) is 9.24. The summed E-state index contributed by atoms with van der Waals surface area (Å²) in [4.78, 5) is 10.7. The minimum atomic E-state index is -0.379. The van der Waals surface area contributed by atoms with Gasteiger partial charge < -0.3 is 14.8 Å². The molecule has 1 aliphatic carbocycles. The summed E-state index contributed by atoms with van der Waals surface area (Å²) in [6.45, 7) is 1.92. The van der Waals surface area contributed by atoms with Gasteiger partial charge in [-0.25, -0.2) is 0 Å². The number of ether oxygens (including phenoxy) is 2. The second-order valence-corrected chi connectivity index (χ2v) is 5.00. The molecule has 0 radical (unpaired) electrons. The van der Waals surface area contributed by atoms with E-state index in [9.17, 15) is 10.1 Å². The molecule has 2 fully saturated rings. The first-order valence-electron chi connectivity index (χ1n) is 6.49. The highest BCUT2D eigenvalue weighted by molar-refractivity contribution is 5.70. The van der Waals surface area contributed by atoms with Gasteiger partial charge in [-0.1, -0.05) is 6.07 Å². The number of hydrogen-bond donors (Lipinski definition) is 1. The van der Waals surface area contributed by atoms with E-state index in [4.69, 9.17) is 9.47 Å². The van der Waals surface area contributed by atoms with Crippen molar-refractivity contribution in [2.45, 2.75) is 18.9 Å². The van der Waals surface area contributed by atoms with Crippen molar-refractivity contribution in [2.75, 3.05) is 25.1 Å². The molecule has 0 amide bonds. The lowest BCUT2D eigenvalue weighted by Crippen LogP contribution is -2.10. The van der Waals surface area contributed by atoms with Crippen molar-refractivity contribution in [3.8, 4) is 5.75 Å². The van der Waals surface area contributed by atoms with Crippen molar-refractivity contribution in [1.29, 1.82) is 0 Å². The van der Waals surface area contributed by atoms with E-state index in [-0.39, 0.29) is 16.7 Å². The molecule has 0 unspecified atom stereocenters. The Morgan fingerprint density at radius 1 is 1.47 bits per heavy atom. The van der Waals surface area contributed by atoms with E-state index in [0.29, 0.717) is 30.6 Å². The van der Waals surface area contributed by atoms with Gasteiger partial charge in [0.1, 0.15) is 18.5 Å². The van der Waals surface area contributed by atoms with E-state index in [1.807, 2.05) is 0 Å². The molecule has 1 saturated heterocycles. The van der Waals surface area contributed by atoms with Crippen LogP contribution in [-0.2, 0) is 4.74 Å². The van der Waals surface area contributed by atoms with Crippen molar-refractivity contribution in [1.82, 2.24) is 0 Å². The highest BCUT2D eigenvalue weighted by atomic mass is 16.6. The molecule has 1 N–H and O–H groups in total. The van der Waals surface area contributed by atoms with Gasteiger partial charge >= 0.3 is 0 Å². The number of nitro groups is 1. The predicted molar refractivity (Wildman–Crippen MR) is 69.5 cm³/mol. The molecule has 1 atom stereocenters. The number of nitro benzene ring substituents is 1. The maximum atomic E-state index is 11.1. The summed E-state index contributed by atoms with van der Waals surface area (Å²) in [6, 6.07) is 4.89. The molecule has 3 rings (SSSR count). The molecule has 102 valence electrons. The van der Waals surface area contributed by atoms with E-state index in [2.05, 4.69) is 5.32 Å². The van der Waals surface area contributed by atoms with Gasteiger partial charge in [0.05, 0.1) is 11.5 Å². The molecule has 0 spiro atoms. The van der Waals surface area contributed by atoms with Gasteiger partial charge in [0, 0.05) is 12.6 Å². The third-order valence-corrected chi connectivity index (χ3v) is 3.29. The molecule has 1 aromatic carbocycles. The molecule has 0 bridgehead atoms. The van der Waals surface area contributed by atoms with Crippen LogP contribution in [0.1, 0.15) is 12.8 Å². The van der Waals surface area contributed by atoms with Gasteiger partial charge in [0.25, 0.3) is 5.69 Å². The Labute approximate surface area is 110 Å². The zero-order valence-electron chi connectivity index (χ0n) is 10.5. The van der Waals surface area contributed by atoms with E-state index in [1.54, 1.807) is 12.1 Å². The third-order valence-electron chi connectivity index (χ3n) is 3.29. The summed E-state index contributed by atoms with van der Waals surface area (Å²) in [5.41, 5.74) is 0.551. The Bertz CT molecular complexity index is 484. The summed E-state index contributed by atoms with van der Waals surface area (Å²) < 4.78 is 10.7. The minimum absolute atomic E-state index is 0.0647. The Balaban J connectivity index is 1.77. The van der Waals surface area contributed by atoms with Gasteiger partial charge in [-0.05, 0) is 24.8 Å². The Morgan fingerprint density at radius 3 is 2.89 bits per heavy atom. The minimum Gasteiger partial charge on any atom is -0.488 e. The quantitative estimate of drug-likeness (QED) is 0.464. The largest absolute Gasteiger partial charge is 0.488 e. The van der Waals surface area contributed by atoms with Crippen LogP contribution >= 0.6 is 0 Å². The number of nitrogens with one attached hydrogen (secondary N) is 1. The van der Waals surface area contributed by atoms with Crippen LogP contribution < -0.4 is 10.1 Å². The fraction of sp³-hybridized carbons (Fsp3) is 0.538. The average Bonchev–Trinajstić information content (AvgIpc) is 3.27. The van der Waals surface area contributed by atoms with Crippen molar-refractivity contribution in [3.05, 3.63) is 28.3 Å². The zero-order valence-corrected chi connectivity index (χ0v) is 10.5. The molecule has 0 aromatic heterocycles. The van der Waals surface area contributed by atoms with E-state index in [0.717, 1.165) is 6.54 Å². The molecule has 1 aliphatic heterocycles. The molecular weight excluding hydrogens is 248 g/mol. The number of anilines is 1. The Hall–Kier alpha value is -1.82. The second-order valence-electron chi connectivity index (χ2n) is 5.00. The van der Waals surface area contributed by atoms with Crippen LogP contribution in [0, 0.1) is 16.0 Å². The van der Waals surface area contributed by atoms with Crippen molar-refractivity contribution < 1.29 is 14.4 Å². The van der Waals surface area contributed by atoms with Crippen molar-refractivity contribution >= 4 is 11.4 Å². The maximum absolute atomic E-state index is 11.1. The van der Waals surface area contributed by atoms with Gasteiger partial charge in [-0.2, -0.15) is 0 Å². The SMILES string of the molecule is O=[N+]([O-])c1cccc(OC[C@@H]2CO2)c1NCC1CC1. The summed E-state index contributed by atoms with van der Waals surface area (Å²) in [5, 5.41) is 14.2. The maximum Gasteiger partial charge on any atom is 0.296 e. The van der Waals surface area contributed by atoms with Crippen LogP contribution in [0.15, 0.2) is 18.2 Å². The van der Waals surface area contributed by atoms with Crippen LogP contribution in [0.5, 0.6) is 5.75 Å². The van der Waals surface area contributed by atoms with Gasteiger partial charge in [-0.3, -0.25) is 10.1 Å². The smallest absolute Gasteiger partial charge is 0.296 e. The molecule has 2 aliphatic rings. The lowest BCUT2D eigenvalue weighted by Gasteiger charge is -2.12. The fourth-order valence-electron chi connectivity index (χ4n) is 1.89. The monoisotopic (exact) mass is 264 g/mol. The third kappa shape index (κ3) is 3.14. The van der Waals surface area contributed by atoms with Crippen LogP contribution in [0.3, 0.4) is 0 Å². The molecule has 19 heavy (non-hydrogen) atoms. The highest BCUT2D eigenvalue weighted by Crippen LogP contribution is 2.37. The molecule has 1 saturated carbocycles. The summed E-state index contributed by atoms with van der Waals surface area (Å²) in [5.74, 6) is 1.17. The predicted octanol–water partition coefficient (Wildman–Crippen LogP) is 2.19. The number of para-hydroxylation sites is 1. The van der Waals surface area contributed by atoms with Gasteiger partial charge in [-0.15, -0.1) is 0 Å². The normalized spacial score (nSPS) is 20.9. The standard InChI is InChI=1S/C13H16N2O4/c16-15(17)11-2-1-3-12(19-8-10-7-18-10)13(11)14-6-9-4-5-9/h1-3,9-10,14H,4-8H2/t10-/m0/s1. The first-order valence-corrected chi connectivity index (χ1v) is 6.49. The van der Waals surface area contributed by atoms with Gasteiger partial charge in [0.15, 0.2) is 5.69 Å². The molecule has 6 nitrogen and oxygen atoms in total. The second kappa shape index (κ2) is 5.05. The number of epoxide rings is 1. The van der Waals surface area contributed by atoms with Crippen LogP contribution in [-0.4, -0.2) is 30.8 Å². The van der Waals surface area contributed by atoms with Crippen LogP contribution in [0.4, 0.5) is 11.4 Å². The Kier molecular flexibility index (Phi) is 3.25. The number of rotatable bonds is 7. The topological polar surface area (TPSA) is 76.9 Å². The van der Waals surface area contributed by atoms with Crippen LogP contribution in [0.25, 0.3) is 0 Å². The zero-order chi connectivity index (χ0) is 13.2. The molecule has 1 heterocycles. The van der Waals surface area contributed by atoms with E-state index < -0.39 is 0 Å². The highest BCUT2D eigenvalue weighted by Gasteiger charge is 2.27. The van der Waals surface area contributed by atoms with E-state index in [1.165, 1.54) is 18.9 Å². The van der Waals surface area contributed by atoms with Crippen molar-refractivity contribution in [2.24, 2.45) is 5.92 Å². The molecule has 6 heteroatoms. The number of hydrogen-bond acceptors (Lipinski definition) is 5. The lowest BCUT2D eigenvalue weighted by molar-refractivity contribution is -0.384. The van der Waals surface area contributed by atoms with Gasteiger partial charge in [0.2, 0.25) is 0 Å².